The molecule has 1 N–H and O–H groups in total. The Labute approximate surface area is 174 Å². The van der Waals surface area contributed by atoms with Gasteiger partial charge in [-0.05, 0) is 61.8 Å². The number of hydrogen-bond donors (Lipinski definition) is 1. The summed E-state index contributed by atoms with van der Waals surface area (Å²) in [6.45, 7) is 4.83. The number of ether oxygens (including phenoxy) is 2. The highest BCUT2D eigenvalue weighted by atomic mass is 16.5. The smallest absolute Gasteiger partial charge is 0.317 e. The largest absolute Gasteiger partial charge is 0.493 e. The average Bonchev–Trinajstić information content (AvgIpc) is 2.76. The number of urea groups is 1. The number of benzene rings is 2. The van der Waals surface area contributed by atoms with E-state index in [-0.39, 0.29) is 6.03 Å². The van der Waals surface area contributed by atoms with Crippen LogP contribution in [0.4, 0.5) is 4.79 Å². The minimum Gasteiger partial charge on any atom is -0.493 e. The monoisotopic (exact) mass is 396 g/mol. The Morgan fingerprint density at radius 2 is 1.83 bits per heavy atom. The third-order valence-corrected chi connectivity index (χ3v) is 5.49. The first-order chi connectivity index (χ1) is 14.2. The van der Waals surface area contributed by atoms with Crippen molar-refractivity contribution in [1.82, 2.24) is 10.2 Å². The molecular weight excluding hydrogens is 364 g/mol. The molecule has 2 aromatic rings. The second-order valence-corrected chi connectivity index (χ2v) is 7.52. The van der Waals surface area contributed by atoms with Gasteiger partial charge in [0.25, 0.3) is 0 Å². The third-order valence-electron chi connectivity index (χ3n) is 5.49. The first kappa shape index (κ1) is 21.0. The van der Waals surface area contributed by atoms with Crippen LogP contribution < -0.4 is 14.8 Å². The molecule has 2 amide bonds. The second-order valence-electron chi connectivity index (χ2n) is 7.52. The highest BCUT2D eigenvalue weighted by Crippen LogP contribution is 2.28. The van der Waals surface area contributed by atoms with Crippen molar-refractivity contribution >= 4 is 6.03 Å². The maximum absolute atomic E-state index is 12.5. The minimum absolute atomic E-state index is 0.0427. The SMILES string of the molecule is CCOc1ccc(CCNC(=O)N2CCC(Cc3ccccc3)CC2)cc1OC. The van der Waals surface area contributed by atoms with Crippen molar-refractivity contribution in [1.29, 1.82) is 0 Å². The summed E-state index contributed by atoms with van der Waals surface area (Å²) in [5.41, 5.74) is 2.51. The van der Waals surface area contributed by atoms with Crippen LogP contribution in [0, 0.1) is 5.92 Å². The van der Waals surface area contributed by atoms with Crippen LogP contribution in [0.25, 0.3) is 0 Å². The Morgan fingerprint density at radius 3 is 2.52 bits per heavy atom. The predicted molar refractivity (Wildman–Crippen MR) is 116 cm³/mol. The van der Waals surface area contributed by atoms with Crippen LogP contribution in [0.5, 0.6) is 11.5 Å². The fraction of sp³-hybridized carbons (Fsp3) is 0.458. The Kier molecular flexibility index (Phi) is 7.79. The van der Waals surface area contributed by atoms with Crippen LogP contribution in [0.3, 0.4) is 0 Å². The molecule has 0 radical (unpaired) electrons. The highest BCUT2D eigenvalue weighted by molar-refractivity contribution is 5.74. The zero-order chi connectivity index (χ0) is 20.5. The van der Waals surface area contributed by atoms with Gasteiger partial charge < -0.3 is 19.7 Å². The van der Waals surface area contributed by atoms with E-state index in [0.717, 1.165) is 55.8 Å². The molecule has 2 aromatic carbocycles. The van der Waals surface area contributed by atoms with Gasteiger partial charge in [0.1, 0.15) is 0 Å². The van der Waals surface area contributed by atoms with E-state index in [0.29, 0.717) is 19.1 Å². The number of carbonyl (C=O) groups is 1. The number of nitrogens with zero attached hydrogens (tertiary/aromatic N) is 1. The van der Waals surface area contributed by atoms with Gasteiger partial charge in [-0.15, -0.1) is 0 Å². The molecule has 156 valence electrons. The van der Waals surface area contributed by atoms with Crippen molar-refractivity contribution in [3.8, 4) is 11.5 Å². The van der Waals surface area contributed by atoms with E-state index in [1.54, 1.807) is 7.11 Å². The normalized spacial score (nSPS) is 14.5. The lowest BCUT2D eigenvalue weighted by Crippen LogP contribution is -2.45. The Bertz CT molecular complexity index is 771. The number of piperidine rings is 1. The molecule has 1 saturated heterocycles. The number of nitrogens with one attached hydrogen (secondary N) is 1. The topological polar surface area (TPSA) is 50.8 Å². The molecule has 3 rings (SSSR count). The molecule has 1 aliphatic rings. The van der Waals surface area contributed by atoms with Crippen molar-refractivity contribution < 1.29 is 14.3 Å². The van der Waals surface area contributed by atoms with Gasteiger partial charge in [-0.3, -0.25) is 0 Å². The second kappa shape index (κ2) is 10.7. The number of likely N-dealkylation sites (tertiary alicyclic amines) is 1. The van der Waals surface area contributed by atoms with E-state index in [9.17, 15) is 4.79 Å². The van der Waals surface area contributed by atoms with Gasteiger partial charge in [0, 0.05) is 19.6 Å². The number of hydrogen-bond acceptors (Lipinski definition) is 3. The standard InChI is InChI=1S/C24H32N2O3/c1-3-29-22-10-9-20(18-23(22)28-2)11-14-25-24(27)26-15-12-21(13-16-26)17-19-7-5-4-6-8-19/h4-10,18,21H,3,11-17H2,1-2H3,(H,25,27). The fourth-order valence-corrected chi connectivity index (χ4v) is 3.86. The first-order valence-electron chi connectivity index (χ1n) is 10.6. The Morgan fingerprint density at radius 1 is 1.07 bits per heavy atom. The van der Waals surface area contributed by atoms with Crippen LogP contribution >= 0.6 is 0 Å². The summed E-state index contributed by atoms with van der Waals surface area (Å²) in [5, 5.41) is 3.06. The van der Waals surface area contributed by atoms with Gasteiger partial charge in [0.2, 0.25) is 0 Å². The highest BCUT2D eigenvalue weighted by Gasteiger charge is 2.22. The van der Waals surface area contributed by atoms with Crippen LogP contribution in [-0.2, 0) is 12.8 Å². The molecule has 5 nitrogen and oxygen atoms in total. The zero-order valence-corrected chi connectivity index (χ0v) is 17.5. The summed E-state index contributed by atoms with van der Waals surface area (Å²) in [6, 6.07) is 16.6. The summed E-state index contributed by atoms with van der Waals surface area (Å²) in [6.07, 6.45) is 4.01. The lowest BCUT2D eigenvalue weighted by atomic mass is 9.90. The number of methoxy groups -OCH3 is 1. The zero-order valence-electron chi connectivity index (χ0n) is 17.5. The molecule has 0 atom stereocenters. The molecule has 5 heteroatoms. The third kappa shape index (κ3) is 6.14. The summed E-state index contributed by atoms with van der Waals surface area (Å²) in [5.74, 6) is 2.15. The van der Waals surface area contributed by atoms with Crippen molar-refractivity contribution in [2.45, 2.75) is 32.6 Å². The molecule has 0 bridgehead atoms. The quantitative estimate of drug-likeness (QED) is 0.724. The number of carbonyl (C=O) groups excluding carboxylic acids is 1. The Hall–Kier alpha value is -2.69. The van der Waals surface area contributed by atoms with Crippen LogP contribution in [-0.4, -0.2) is 44.3 Å². The molecule has 0 aromatic heterocycles. The molecule has 29 heavy (non-hydrogen) atoms. The molecule has 1 heterocycles. The van der Waals surface area contributed by atoms with Gasteiger partial charge in [-0.2, -0.15) is 0 Å². The Balaban J connectivity index is 1.40. The molecule has 0 saturated carbocycles. The van der Waals surface area contributed by atoms with Crippen LogP contribution in [0.1, 0.15) is 30.9 Å². The van der Waals surface area contributed by atoms with E-state index >= 15 is 0 Å². The number of rotatable bonds is 8. The molecule has 1 fully saturated rings. The molecule has 0 spiro atoms. The van der Waals surface area contributed by atoms with E-state index < -0.39 is 0 Å². The van der Waals surface area contributed by atoms with Crippen molar-refractivity contribution in [3.05, 3.63) is 59.7 Å². The van der Waals surface area contributed by atoms with E-state index in [2.05, 4.69) is 35.6 Å². The lowest BCUT2D eigenvalue weighted by Gasteiger charge is -2.32. The van der Waals surface area contributed by atoms with Crippen LogP contribution in [0.2, 0.25) is 0 Å². The minimum atomic E-state index is 0.0427. The summed E-state index contributed by atoms with van der Waals surface area (Å²) in [7, 11) is 1.64. The summed E-state index contributed by atoms with van der Waals surface area (Å²) >= 11 is 0. The molecule has 1 aliphatic heterocycles. The maximum atomic E-state index is 12.5. The maximum Gasteiger partial charge on any atom is 0.317 e. The van der Waals surface area contributed by atoms with Crippen molar-refractivity contribution in [3.63, 3.8) is 0 Å². The van der Waals surface area contributed by atoms with E-state index in [4.69, 9.17) is 9.47 Å². The van der Waals surface area contributed by atoms with Gasteiger partial charge in [0.05, 0.1) is 13.7 Å². The fourth-order valence-electron chi connectivity index (χ4n) is 3.86. The van der Waals surface area contributed by atoms with Crippen molar-refractivity contribution in [2.75, 3.05) is 33.4 Å². The first-order valence-corrected chi connectivity index (χ1v) is 10.6. The predicted octanol–water partition coefficient (Wildman–Crippen LogP) is 4.30. The van der Waals surface area contributed by atoms with Gasteiger partial charge in [0.15, 0.2) is 11.5 Å². The average molecular weight is 397 g/mol. The lowest BCUT2D eigenvalue weighted by molar-refractivity contribution is 0.170. The number of amides is 2. The molecular formula is C24H32N2O3. The van der Waals surface area contributed by atoms with Gasteiger partial charge in [-0.25, -0.2) is 4.79 Å². The van der Waals surface area contributed by atoms with E-state index in [1.807, 2.05) is 30.0 Å². The molecule has 0 unspecified atom stereocenters. The van der Waals surface area contributed by atoms with Crippen molar-refractivity contribution in [2.24, 2.45) is 5.92 Å². The van der Waals surface area contributed by atoms with Gasteiger partial charge >= 0.3 is 6.03 Å². The summed E-state index contributed by atoms with van der Waals surface area (Å²) in [4.78, 5) is 14.4. The van der Waals surface area contributed by atoms with E-state index in [1.165, 1.54) is 5.56 Å². The summed E-state index contributed by atoms with van der Waals surface area (Å²) < 4.78 is 10.9. The van der Waals surface area contributed by atoms with Gasteiger partial charge in [-0.1, -0.05) is 36.4 Å². The molecule has 0 aliphatic carbocycles. The van der Waals surface area contributed by atoms with Crippen LogP contribution in [0.15, 0.2) is 48.5 Å².